The molecule has 10 nitrogen and oxygen atoms in total. The van der Waals surface area contributed by atoms with Gasteiger partial charge in [0.25, 0.3) is 0 Å². The van der Waals surface area contributed by atoms with Crippen molar-refractivity contribution >= 4 is 52.0 Å². The van der Waals surface area contributed by atoms with E-state index in [0.29, 0.717) is 17.7 Å². The summed E-state index contributed by atoms with van der Waals surface area (Å²) in [6.45, 7) is 1.85. The quantitative estimate of drug-likeness (QED) is 0.204. The number of amidine groups is 1. The van der Waals surface area contributed by atoms with Crippen molar-refractivity contribution in [2.45, 2.75) is 38.8 Å². The number of nitrogens with one attached hydrogen (secondary N) is 3. The molecular weight excluding hydrogens is 656 g/mol. The highest BCUT2D eigenvalue weighted by Crippen LogP contribution is 2.36. The Kier molecular flexibility index (Phi) is 10.9. The Morgan fingerprint density at radius 3 is 2.17 bits per heavy atom. The second-order valence-electron chi connectivity index (χ2n) is 10.2. The normalized spacial score (nSPS) is 14.9. The van der Waals surface area contributed by atoms with Crippen LogP contribution in [0.2, 0.25) is 0 Å². The number of alkyl halides is 6. The van der Waals surface area contributed by atoms with Crippen molar-refractivity contribution in [2.24, 2.45) is 4.99 Å². The van der Waals surface area contributed by atoms with Crippen LogP contribution in [0.15, 0.2) is 71.7 Å². The van der Waals surface area contributed by atoms with Crippen LogP contribution in [0.3, 0.4) is 0 Å². The van der Waals surface area contributed by atoms with Crippen LogP contribution in [0, 0.1) is 6.92 Å². The first-order valence-electron chi connectivity index (χ1n) is 13.7. The van der Waals surface area contributed by atoms with E-state index in [2.05, 4.69) is 25.7 Å². The number of carbonyl (C=O) groups excluding carboxylic acids is 3. The summed E-state index contributed by atoms with van der Waals surface area (Å²) in [5, 5.41) is 7.76. The summed E-state index contributed by atoms with van der Waals surface area (Å²) < 4.78 is 84.0. The van der Waals surface area contributed by atoms with Crippen molar-refractivity contribution in [1.29, 1.82) is 0 Å². The van der Waals surface area contributed by atoms with Crippen LogP contribution in [0.5, 0.6) is 11.5 Å². The third-order valence-electron chi connectivity index (χ3n) is 6.18. The van der Waals surface area contributed by atoms with Gasteiger partial charge in [0, 0.05) is 17.4 Å². The zero-order chi connectivity index (χ0) is 34.4. The van der Waals surface area contributed by atoms with Crippen molar-refractivity contribution in [1.82, 2.24) is 5.32 Å². The number of rotatable bonds is 9. The van der Waals surface area contributed by atoms with Crippen molar-refractivity contribution in [3.63, 3.8) is 0 Å². The Morgan fingerprint density at radius 2 is 1.57 bits per heavy atom. The standard InChI is InChI=1S/C30H27F6N5O5S/c1-17-3-12-24(45-16-29(31,32)33)23(13-17)41-25(42)15-47-28(41)40-26(43)37-18(2)14-19-4-6-20(7-5-19)38-27(44)39-21-8-10-22(11-9-21)46-30(34,35)36/h3-13,18H,14-16H2,1-2H3,(H,37,43)(H2,38,39,44). The number of thioether (sulfide) groups is 1. The second-order valence-corrected chi connectivity index (χ2v) is 11.1. The van der Waals surface area contributed by atoms with Crippen molar-refractivity contribution in [3.05, 3.63) is 77.9 Å². The maximum absolute atomic E-state index is 12.8. The number of anilines is 3. The summed E-state index contributed by atoms with van der Waals surface area (Å²) in [6, 6.07) is 13.8. The van der Waals surface area contributed by atoms with Gasteiger partial charge in [0.05, 0.1) is 11.4 Å². The van der Waals surface area contributed by atoms with Crippen LogP contribution in [-0.2, 0) is 11.2 Å². The summed E-state index contributed by atoms with van der Waals surface area (Å²) in [5.74, 6) is -1.17. The zero-order valence-corrected chi connectivity index (χ0v) is 25.5. The molecule has 17 heteroatoms. The number of aliphatic imine (C=N–C) groups is 1. The first kappa shape index (κ1) is 34.9. The predicted octanol–water partition coefficient (Wildman–Crippen LogP) is 7.26. The Labute approximate surface area is 268 Å². The van der Waals surface area contributed by atoms with Crippen LogP contribution in [0.1, 0.15) is 18.1 Å². The number of hydrogen-bond acceptors (Lipinski definition) is 6. The molecule has 0 bridgehead atoms. The molecule has 1 heterocycles. The van der Waals surface area contributed by atoms with E-state index in [4.69, 9.17) is 4.74 Å². The average molecular weight is 684 g/mol. The van der Waals surface area contributed by atoms with Crippen LogP contribution in [0.4, 0.5) is 53.0 Å². The van der Waals surface area contributed by atoms with Crippen LogP contribution in [0.25, 0.3) is 0 Å². The van der Waals surface area contributed by atoms with Gasteiger partial charge in [-0.05, 0) is 79.9 Å². The summed E-state index contributed by atoms with van der Waals surface area (Å²) in [4.78, 5) is 42.8. The number of carbonyl (C=O) groups is 3. The Hall–Kier alpha value is -4.93. The zero-order valence-electron chi connectivity index (χ0n) is 24.7. The molecule has 0 spiro atoms. The van der Waals surface area contributed by atoms with Gasteiger partial charge in [-0.2, -0.15) is 18.2 Å². The van der Waals surface area contributed by atoms with Crippen molar-refractivity contribution in [2.75, 3.05) is 27.9 Å². The number of aryl methyl sites for hydroxylation is 1. The molecule has 0 aliphatic carbocycles. The minimum absolute atomic E-state index is 0.0125. The number of hydrogen-bond donors (Lipinski definition) is 3. The first-order valence-corrected chi connectivity index (χ1v) is 14.7. The third-order valence-corrected chi connectivity index (χ3v) is 7.10. The Balaban J connectivity index is 1.32. The van der Waals surface area contributed by atoms with E-state index in [-0.39, 0.29) is 28.0 Å². The number of urea groups is 2. The molecule has 0 aromatic heterocycles. The summed E-state index contributed by atoms with van der Waals surface area (Å²) >= 11 is 0.962. The third kappa shape index (κ3) is 10.8. The second kappa shape index (κ2) is 14.7. The van der Waals surface area contributed by atoms with Gasteiger partial charge in [-0.1, -0.05) is 30.0 Å². The van der Waals surface area contributed by atoms with E-state index < -0.39 is 48.9 Å². The van der Waals surface area contributed by atoms with Crippen molar-refractivity contribution in [3.8, 4) is 11.5 Å². The molecule has 4 rings (SSSR count). The smallest absolute Gasteiger partial charge is 0.482 e. The molecule has 0 radical (unpaired) electrons. The van der Waals surface area contributed by atoms with E-state index in [1.54, 1.807) is 38.1 Å². The van der Waals surface area contributed by atoms with E-state index in [1.807, 2.05) is 0 Å². The van der Waals surface area contributed by atoms with Gasteiger partial charge in [0.2, 0.25) is 5.91 Å². The molecule has 1 unspecified atom stereocenters. The monoisotopic (exact) mass is 683 g/mol. The molecular formula is C30H27F6N5O5S. The lowest BCUT2D eigenvalue weighted by Gasteiger charge is -2.21. The summed E-state index contributed by atoms with van der Waals surface area (Å²) in [5.41, 5.74) is 2.13. The minimum Gasteiger partial charge on any atom is -0.482 e. The van der Waals surface area contributed by atoms with Gasteiger partial charge < -0.3 is 25.4 Å². The largest absolute Gasteiger partial charge is 0.573 e. The highest BCUT2D eigenvalue weighted by Gasteiger charge is 2.35. The molecule has 1 saturated heterocycles. The molecule has 3 N–H and O–H groups in total. The SMILES string of the molecule is Cc1ccc(OCC(F)(F)F)c(N2C(=O)CSC2=NC(=O)NC(C)Cc2ccc(NC(=O)Nc3ccc(OC(F)(F)F)cc3)cc2)c1. The highest BCUT2D eigenvalue weighted by atomic mass is 32.2. The number of benzene rings is 3. The van der Waals surface area contributed by atoms with E-state index >= 15 is 0 Å². The van der Waals surface area contributed by atoms with E-state index in [0.717, 1.165) is 34.4 Å². The number of halogens is 6. The van der Waals surface area contributed by atoms with Gasteiger partial charge in [-0.15, -0.1) is 13.2 Å². The molecule has 1 aliphatic rings. The fourth-order valence-electron chi connectivity index (χ4n) is 4.26. The predicted molar refractivity (Wildman–Crippen MR) is 164 cm³/mol. The Bertz CT molecular complexity index is 1630. The molecule has 47 heavy (non-hydrogen) atoms. The summed E-state index contributed by atoms with van der Waals surface area (Å²) in [7, 11) is 0. The maximum Gasteiger partial charge on any atom is 0.573 e. The molecule has 5 amide bonds. The minimum atomic E-state index is -4.83. The Morgan fingerprint density at radius 1 is 0.957 bits per heavy atom. The number of amides is 5. The lowest BCUT2D eigenvalue weighted by atomic mass is 10.1. The van der Waals surface area contributed by atoms with Crippen LogP contribution >= 0.6 is 11.8 Å². The van der Waals surface area contributed by atoms with Gasteiger partial charge in [0.1, 0.15) is 11.5 Å². The summed E-state index contributed by atoms with van der Waals surface area (Å²) in [6.07, 6.45) is -9.07. The molecule has 1 atom stereocenters. The first-order chi connectivity index (χ1) is 22.0. The fraction of sp³-hybridized carbons (Fsp3) is 0.267. The van der Waals surface area contributed by atoms with Crippen LogP contribution in [-0.4, -0.2) is 54.1 Å². The molecule has 1 aliphatic heterocycles. The topological polar surface area (TPSA) is 121 Å². The molecule has 0 saturated carbocycles. The number of ether oxygens (including phenoxy) is 2. The lowest BCUT2D eigenvalue weighted by Crippen LogP contribution is -2.35. The van der Waals surface area contributed by atoms with Gasteiger partial charge in [-0.3, -0.25) is 9.69 Å². The van der Waals surface area contributed by atoms with Gasteiger partial charge >= 0.3 is 24.6 Å². The number of nitrogens with zero attached hydrogens (tertiary/aromatic N) is 2. The molecule has 3 aromatic rings. The lowest BCUT2D eigenvalue weighted by molar-refractivity contribution is -0.274. The van der Waals surface area contributed by atoms with Gasteiger partial charge in [-0.25, -0.2) is 9.59 Å². The highest BCUT2D eigenvalue weighted by molar-refractivity contribution is 8.15. The van der Waals surface area contributed by atoms with E-state index in [1.165, 1.54) is 30.3 Å². The fourth-order valence-corrected chi connectivity index (χ4v) is 5.12. The van der Waals surface area contributed by atoms with E-state index in [9.17, 15) is 40.7 Å². The molecule has 1 fully saturated rings. The average Bonchev–Trinajstić information content (AvgIpc) is 3.32. The maximum atomic E-state index is 12.8. The molecule has 3 aromatic carbocycles. The van der Waals surface area contributed by atoms with Crippen molar-refractivity contribution < 1.29 is 50.2 Å². The van der Waals surface area contributed by atoms with Crippen LogP contribution < -0.4 is 30.3 Å². The van der Waals surface area contributed by atoms with Gasteiger partial charge in [0.15, 0.2) is 11.8 Å². The molecule has 250 valence electrons.